The van der Waals surface area contributed by atoms with Crippen LogP contribution in [-0.4, -0.2) is 94.5 Å². The molecule has 12 nitrogen and oxygen atoms in total. The largest absolute Gasteiger partial charge is 0.445 e. The third-order valence-electron chi connectivity index (χ3n) is 11.8. The molecule has 3 amide bonds. The zero-order valence-corrected chi connectivity index (χ0v) is 38.1. The van der Waals surface area contributed by atoms with Crippen molar-refractivity contribution >= 4 is 17.9 Å². The van der Waals surface area contributed by atoms with Gasteiger partial charge in [-0.15, -0.1) is 0 Å². The highest BCUT2D eigenvalue weighted by molar-refractivity contribution is 5.86. The first-order chi connectivity index (χ1) is 30.3. The summed E-state index contributed by atoms with van der Waals surface area (Å²) in [4.78, 5) is 43.0. The molecule has 1 fully saturated rings. The molecule has 2 aromatic carbocycles. The fourth-order valence-corrected chi connectivity index (χ4v) is 7.99. The zero-order valence-electron chi connectivity index (χ0n) is 38.1. The molecule has 0 spiro atoms. The number of amides is 3. The Labute approximate surface area is 372 Å². The fourth-order valence-electron chi connectivity index (χ4n) is 7.99. The van der Waals surface area contributed by atoms with Gasteiger partial charge in [-0.3, -0.25) is 9.59 Å². The van der Waals surface area contributed by atoms with Gasteiger partial charge in [0.15, 0.2) is 6.23 Å². The quantitative estimate of drug-likeness (QED) is 0.0432. The number of hydrogen-bond acceptors (Lipinski definition) is 9. The van der Waals surface area contributed by atoms with Crippen molar-refractivity contribution in [3.05, 3.63) is 71.8 Å². The second-order valence-electron chi connectivity index (χ2n) is 17.1. The van der Waals surface area contributed by atoms with Crippen LogP contribution in [0.5, 0.6) is 0 Å². The van der Waals surface area contributed by atoms with Gasteiger partial charge < -0.3 is 45.1 Å². The van der Waals surface area contributed by atoms with Crippen molar-refractivity contribution in [3.63, 3.8) is 0 Å². The van der Waals surface area contributed by atoms with E-state index < -0.39 is 55.2 Å². The number of nitrogens with one attached hydrogen (secondary N) is 2. The van der Waals surface area contributed by atoms with E-state index in [1.807, 2.05) is 60.7 Å². The fraction of sp³-hybridized carbons (Fsp3) is 0.700. The molecule has 0 bridgehead atoms. The van der Waals surface area contributed by atoms with Crippen LogP contribution in [-0.2, 0) is 37.0 Å². The molecule has 3 rings (SSSR count). The van der Waals surface area contributed by atoms with Crippen LogP contribution in [0.1, 0.15) is 166 Å². The van der Waals surface area contributed by atoms with Gasteiger partial charge in [0.25, 0.3) is 0 Å². The number of rotatable bonds is 34. The minimum absolute atomic E-state index is 0.0208. The Morgan fingerprint density at radius 2 is 1.15 bits per heavy atom. The van der Waals surface area contributed by atoms with Gasteiger partial charge in [0.2, 0.25) is 11.8 Å². The molecule has 350 valence electrons. The van der Waals surface area contributed by atoms with E-state index in [0.29, 0.717) is 19.4 Å². The van der Waals surface area contributed by atoms with E-state index in [1.165, 1.54) is 83.5 Å². The molecule has 0 aromatic heterocycles. The number of aliphatic hydroxyl groups excluding tert-OH is 3. The molecule has 2 aromatic rings. The van der Waals surface area contributed by atoms with Crippen LogP contribution in [0.15, 0.2) is 60.7 Å². The predicted octanol–water partition coefficient (Wildman–Crippen LogP) is 8.87. The van der Waals surface area contributed by atoms with Gasteiger partial charge >= 0.3 is 6.09 Å². The first kappa shape index (κ1) is 52.8. The normalized spacial score (nSPS) is 19.1. The average Bonchev–Trinajstić information content (AvgIpc) is 3.29. The Morgan fingerprint density at radius 1 is 0.661 bits per heavy atom. The lowest BCUT2D eigenvalue weighted by Crippen LogP contribution is -2.70. The zero-order chi connectivity index (χ0) is 44.6. The molecule has 0 aliphatic carbocycles. The molecule has 0 unspecified atom stereocenters. The summed E-state index contributed by atoms with van der Waals surface area (Å²) in [6.07, 6.45) is 17.7. The Kier molecular flexibility index (Phi) is 28.1. The number of hydrogen-bond donors (Lipinski definition) is 5. The SMILES string of the molecule is CCCCCCCCCCCCCCN(C(=O)CCCCCCCCCCC)[C@@H]1O[C@H](CO)[C@@H](O)[C@H](O)[C@H]1NC(=O)[C@H](COCc1ccccc1)NC(=O)OCc1ccccc1. The van der Waals surface area contributed by atoms with E-state index in [0.717, 1.165) is 49.7 Å². The van der Waals surface area contributed by atoms with Gasteiger partial charge in [0.1, 0.15) is 37.0 Å². The first-order valence-electron chi connectivity index (χ1n) is 24.1. The Bertz CT molecular complexity index is 1450. The summed E-state index contributed by atoms with van der Waals surface area (Å²) in [6.45, 7) is 4.08. The van der Waals surface area contributed by atoms with Gasteiger partial charge in [-0.05, 0) is 24.0 Å². The van der Waals surface area contributed by atoms with Crippen LogP contribution in [0, 0.1) is 0 Å². The predicted molar refractivity (Wildman–Crippen MR) is 244 cm³/mol. The summed E-state index contributed by atoms with van der Waals surface area (Å²) >= 11 is 0. The smallest absolute Gasteiger partial charge is 0.408 e. The van der Waals surface area contributed by atoms with E-state index in [1.54, 1.807) is 4.90 Å². The van der Waals surface area contributed by atoms with E-state index >= 15 is 0 Å². The lowest BCUT2D eigenvalue weighted by molar-refractivity contribution is -0.231. The molecule has 0 saturated carbocycles. The molecule has 6 atom stereocenters. The monoisotopic (exact) mass is 868 g/mol. The summed E-state index contributed by atoms with van der Waals surface area (Å²) in [6, 6.07) is 16.0. The Balaban J connectivity index is 1.73. The Morgan fingerprint density at radius 3 is 1.66 bits per heavy atom. The minimum Gasteiger partial charge on any atom is -0.445 e. The molecule has 5 N–H and O–H groups in total. The number of benzene rings is 2. The topological polar surface area (TPSA) is 167 Å². The van der Waals surface area contributed by atoms with Crippen LogP contribution < -0.4 is 10.6 Å². The van der Waals surface area contributed by atoms with E-state index in [9.17, 15) is 29.7 Å². The standard InChI is InChI=1S/C50H81N3O9/c1-3-5-7-9-11-13-14-15-17-19-21-29-35-53(44(55)34-28-20-18-16-12-10-8-6-4-2)49-45(47(57)46(56)43(36-54)62-49)52-48(58)42(39-60-37-40-30-24-22-25-31-40)51-50(59)61-38-41-32-26-23-27-33-41/h22-27,30-33,42-43,45-47,49,54,56-57H,3-21,28-29,34-39H2,1-2H3,(H,51,59)(H,52,58)/t42-,43+,45+,46+,47+,49+/m0/s1. The maximum Gasteiger partial charge on any atom is 0.408 e. The summed E-state index contributed by atoms with van der Waals surface area (Å²) in [5, 5.41) is 38.3. The number of aliphatic hydroxyl groups is 3. The molecule has 1 aliphatic heterocycles. The highest BCUT2D eigenvalue weighted by Crippen LogP contribution is 2.26. The third kappa shape index (κ3) is 21.2. The second kappa shape index (κ2) is 33.0. The van der Waals surface area contributed by atoms with Gasteiger partial charge in [-0.2, -0.15) is 0 Å². The van der Waals surface area contributed by atoms with Gasteiger partial charge in [-0.25, -0.2) is 4.79 Å². The van der Waals surface area contributed by atoms with Crippen LogP contribution in [0.2, 0.25) is 0 Å². The van der Waals surface area contributed by atoms with Crippen molar-refractivity contribution in [2.24, 2.45) is 0 Å². The molecule has 1 aliphatic rings. The number of ether oxygens (including phenoxy) is 3. The van der Waals surface area contributed by atoms with Crippen LogP contribution in [0.25, 0.3) is 0 Å². The number of alkyl carbamates (subject to hydrolysis) is 1. The molecule has 0 radical (unpaired) electrons. The first-order valence-corrected chi connectivity index (χ1v) is 24.1. The molecule has 62 heavy (non-hydrogen) atoms. The van der Waals surface area contributed by atoms with E-state index in [4.69, 9.17) is 14.2 Å². The number of carbonyl (C=O) groups excluding carboxylic acids is 3. The summed E-state index contributed by atoms with van der Waals surface area (Å²) in [5.41, 5.74) is 1.63. The minimum atomic E-state index is -1.60. The van der Waals surface area contributed by atoms with Crippen LogP contribution >= 0.6 is 0 Å². The van der Waals surface area contributed by atoms with Crippen molar-refractivity contribution in [1.82, 2.24) is 15.5 Å². The highest BCUT2D eigenvalue weighted by Gasteiger charge is 2.48. The van der Waals surface area contributed by atoms with Crippen molar-refractivity contribution in [3.8, 4) is 0 Å². The van der Waals surface area contributed by atoms with Gasteiger partial charge in [0, 0.05) is 13.0 Å². The highest BCUT2D eigenvalue weighted by atomic mass is 16.6. The summed E-state index contributed by atoms with van der Waals surface area (Å²) in [7, 11) is 0. The van der Waals surface area contributed by atoms with Gasteiger partial charge in [0.05, 0.1) is 19.8 Å². The lowest BCUT2D eigenvalue weighted by atomic mass is 9.94. The number of carbonyl (C=O) groups is 3. The summed E-state index contributed by atoms with van der Waals surface area (Å²) < 4.78 is 17.6. The molecular formula is C50H81N3O9. The Hall–Kier alpha value is -3.55. The van der Waals surface area contributed by atoms with Crippen molar-refractivity contribution in [1.29, 1.82) is 0 Å². The lowest BCUT2D eigenvalue weighted by Gasteiger charge is -2.47. The molecule has 12 heteroatoms. The van der Waals surface area contributed by atoms with Crippen LogP contribution in [0.3, 0.4) is 0 Å². The van der Waals surface area contributed by atoms with Crippen molar-refractivity contribution in [2.45, 2.75) is 205 Å². The van der Waals surface area contributed by atoms with Crippen LogP contribution in [0.4, 0.5) is 4.79 Å². The summed E-state index contributed by atoms with van der Waals surface area (Å²) in [5.74, 6) is -0.898. The van der Waals surface area contributed by atoms with Crippen molar-refractivity contribution in [2.75, 3.05) is 19.8 Å². The number of unbranched alkanes of at least 4 members (excludes halogenated alkanes) is 19. The molecule has 1 saturated heterocycles. The third-order valence-corrected chi connectivity index (χ3v) is 11.8. The van der Waals surface area contributed by atoms with E-state index in [-0.39, 0.29) is 32.1 Å². The average molecular weight is 868 g/mol. The molecular weight excluding hydrogens is 787 g/mol. The second-order valence-corrected chi connectivity index (χ2v) is 17.1. The number of nitrogens with zero attached hydrogens (tertiary/aromatic N) is 1. The molecule has 1 heterocycles. The maximum atomic E-state index is 14.2. The van der Waals surface area contributed by atoms with E-state index in [2.05, 4.69) is 24.5 Å². The van der Waals surface area contributed by atoms with Gasteiger partial charge in [-0.1, -0.05) is 197 Å². The van der Waals surface area contributed by atoms with Crippen molar-refractivity contribution < 1.29 is 43.9 Å². The maximum absolute atomic E-state index is 14.2.